The Kier molecular flexibility index (Phi) is 7.52. The first kappa shape index (κ1) is 20.6. The van der Waals surface area contributed by atoms with E-state index < -0.39 is 40.6 Å². The molecule has 138 valence electrons. The first-order chi connectivity index (χ1) is 11.6. The van der Waals surface area contributed by atoms with E-state index >= 15 is 0 Å². The molecule has 0 aliphatic carbocycles. The summed E-state index contributed by atoms with van der Waals surface area (Å²) >= 11 is 0. The molecule has 10 heteroatoms. The fourth-order valence-electron chi connectivity index (χ4n) is 1.95. The molecule has 1 atom stereocenters. The number of carbonyl (C=O) groups excluding carboxylic acids is 2. The van der Waals surface area contributed by atoms with Crippen LogP contribution < -0.4 is 11.1 Å². The zero-order valence-electron chi connectivity index (χ0n) is 13.6. The number of nitrogens with one attached hydrogen (secondary N) is 1. The molecule has 4 N–H and O–H groups in total. The Morgan fingerprint density at radius 1 is 1.24 bits per heavy atom. The van der Waals surface area contributed by atoms with Gasteiger partial charge >= 0.3 is 5.97 Å². The van der Waals surface area contributed by atoms with Crippen molar-refractivity contribution in [3.63, 3.8) is 0 Å². The van der Waals surface area contributed by atoms with E-state index in [0.29, 0.717) is 5.56 Å². The lowest BCUT2D eigenvalue weighted by Gasteiger charge is -2.14. The predicted molar refractivity (Wildman–Crippen MR) is 86.9 cm³/mol. The molecule has 1 aromatic carbocycles. The molecule has 0 radical (unpaired) electrons. The van der Waals surface area contributed by atoms with Crippen LogP contribution >= 0.6 is 0 Å². The number of primary amides is 1. The first-order valence-electron chi connectivity index (χ1n) is 7.39. The van der Waals surface area contributed by atoms with Crippen LogP contribution in [0.15, 0.2) is 29.2 Å². The minimum Gasteiger partial charge on any atom is -0.480 e. The molecule has 0 aliphatic heterocycles. The SMILES string of the molecule is Cc1ccccc1S(=O)(=O)OCCC(=O)N[C@@H](CCC(N)=O)C(=O)O. The summed E-state index contributed by atoms with van der Waals surface area (Å²) in [6.45, 7) is 1.17. The monoisotopic (exact) mass is 372 g/mol. The zero-order valence-corrected chi connectivity index (χ0v) is 14.4. The van der Waals surface area contributed by atoms with Crippen LogP contribution in [0.25, 0.3) is 0 Å². The van der Waals surface area contributed by atoms with E-state index in [1.54, 1.807) is 25.1 Å². The first-order valence-corrected chi connectivity index (χ1v) is 8.80. The van der Waals surface area contributed by atoms with Crippen LogP contribution in [0.1, 0.15) is 24.8 Å². The van der Waals surface area contributed by atoms with Gasteiger partial charge in [0.2, 0.25) is 11.8 Å². The Hall–Kier alpha value is -2.46. The standard InChI is InChI=1S/C15H20N2O7S/c1-10-4-2-3-5-12(10)25(22,23)24-9-8-14(19)17-11(15(20)21)6-7-13(16)18/h2-5,11H,6-9H2,1H3,(H2,16,18)(H,17,19)(H,20,21)/t11-/m0/s1. The molecule has 0 aliphatic rings. The third kappa shape index (κ3) is 6.89. The number of hydrogen-bond donors (Lipinski definition) is 3. The summed E-state index contributed by atoms with van der Waals surface area (Å²) in [5.74, 6) is -2.71. The number of aliphatic carboxylic acids is 1. The minimum atomic E-state index is -4.01. The average molecular weight is 372 g/mol. The van der Waals surface area contributed by atoms with Crippen molar-refractivity contribution in [2.24, 2.45) is 5.73 Å². The Labute approximate surface area is 145 Å². The number of nitrogens with two attached hydrogens (primary N) is 1. The molecule has 0 unspecified atom stereocenters. The van der Waals surface area contributed by atoms with Crippen LogP contribution in [0.2, 0.25) is 0 Å². The van der Waals surface area contributed by atoms with Crippen molar-refractivity contribution in [3.8, 4) is 0 Å². The van der Waals surface area contributed by atoms with Crippen molar-refractivity contribution in [1.29, 1.82) is 0 Å². The minimum absolute atomic E-state index is 0.000258. The molecule has 1 aromatic rings. The van der Waals surface area contributed by atoms with Crippen molar-refractivity contribution >= 4 is 27.9 Å². The van der Waals surface area contributed by atoms with Crippen LogP contribution in [-0.4, -0.2) is 44.0 Å². The van der Waals surface area contributed by atoms with Crippen molar-refractivity contribution in [2.45, 2.75) is 37.1 Å². The highest BCUT2D eigenvalue weighted by atomic mass is 32.2. The molecular formula is C15H20N2O7S. The summed E-state index contributed by atoms with van der Waals surface area (Å²) in [6, 6.07) is 4.94. The molecule has 1 rings (SSSR count). The molecule has 0 saturated heterocycles. The predicted octanol–water partition coefficient (Wildman–Crippen LogP) is -0.0747. The molecule has 25 heavy (non-hydrogen) atoms. The maximum absolute atomic E-state index is 12.0. The summed E-state index contributed by atoms with van der Waals surface area (Å²) in [7, 11) is -4.01. The van der Waals surface area contributed by atoms with Crippen LogP contribution in [-0.2, 0) is 28.7 Å². The third-order valence-electron chi connectivity index (χ3n) is 3.24. The number of carbonyl (C=O) groups is 3. The Bertz CT molecular complexity index is 746. The van der Waals surface area contributed by atoms with E-state index in [2.05, 4.69) is 5.32 Å². The van der Waals surface area contributed by atoms with Crippen molar-refractivity contribution in [1.82, 2.24) is 5.32 Å². The van der Waals surface area contributed by atoms with Gasteiger partial charge in [-0.2, -0.15) is 8.42 Å². The van der Waals surface area contributed by atoms with Crippen LogP contribution in [0.3, 0.4) is 0 Å². The summed E-state index contributed by atoms with van der Waals surface area (Å²) < 4.78 is 28.9. The highest BCUT2D eigenvalue weighted by Crippen LogP contribution is 2.16. The van der Waals surface area contributed by atoms with Gasteiger partial charge in [0.25, 0.3) is 10.1 Å². The van der Waals surface area contributed by atoms with Gasteiger partial charge in [-0.25, -0.2) is 4.79 Å². The Morgan fingerprint density at radius 2 is 1.88 bits per heavy atom. The summed E-state index contributed by atoms with van der Waals surface area (Å²) in [4.78, 5) is 33.4. The van der Waals surface area contributed by atoms with E-state index in [-0.39, 0.29) is 24.2 Å². The molecule has 0 fully saturated rings. The van der Waals surface area contributed by atoms with Crippen LogP contribution in [0.4, 0.5) is 0 Å². The van der Waals surface area contributed by atoms with Crippen molar-refractivity contribution in [2.75, 3.05) is 6.61 Å². The summed E-state index contributed by atoms with van der Waals surface area (Å²) in [5, 5.41) is 11.2. The van der Waals surface area contributed by atoms with Gasteiger partial charge in [-0.05, 0) is 25.0 Å². The smallest absolute Gasteiger partial charge is 0.326 e. The fourth-order valence-corrected chi connectivity index (χ4v) is 3.09. The van der Waals surface area contributed by atoms with Gasteiger partial charge in [0.15, 0.2) is 0 Å². The zero-order chi connectivity index (χ0) is 19.0. The lowest BCUT2D eigenvalue weighted by atomic mass is 10.1. The van der Waals surface area contributed by atoms with Gasteiger partial charge in [0.1, 0.15) is 6.04 Å². The molecule has 9 nitrogen and oxygen atoms in total. The summed E-state index contributed by atoms with van der Waals surface area (Å²) in [6.07, 6.45) is -0.709. The van der Waals surface area contributed by atoms with Crippen LogP contribution in [0, 0.1) is 6.92 Å². The number of benzene rings is 1. The molecule has 0 saturated carbocycles. The van der Waals surface area contributed by atoms with Gasteiger partial charge in [-0.15, -0.1) is 0 Å². The number of aryl methyl sites for hydroxylation is 1. The third-order valence-corrected chi connectivity index (χ3v) is 4.72. The Balaban J connectivity index is 2.54. The quantitative estimate of drug-likeness (QED) is 0.486. The van der Waals surface area contributed by atoms with E-state index in [4.69, 9.17) is 15.0 Å². The van der Waals surface area contributed by atoms with Crippen molar-refractivity contribution < 1.29 is 32.1 Å². The van der Waals surface area contributed by atoms with Gasteiger partial charge < -0.3 is 16.2 Å². The van der Waals surface area contributed by atoms with Gasteiger partial charge in [-0.1, -0.05) is 18.2 Å². The van der Waals surface area contributed by atoms with Crippen LogP contribution in [0.5, 0.6) is 0 Å². The largest absolute Gasteiger partial charge is 0.480 e. The lowest BCUT2D eigenvalue weighted by molar-refractivity contribution is -0.142. The highest BCUT2D eigenvalue weighted by molar-refractivity contribution is 7.86. The maximum atomic E-state index is 12.0. The molecule has 2 amide bonds. The average Bonchev–Trinajstić information content (AvgIpc) is 2.51. The number of rotatable bonds is 10. The number of carboxylic acids is 1. The molecule has 0 spiro atoms. The van der Waals surface area contributed by atoms with E-state index in [0.717, 1.165) is 0 Å². The number of amides is 2. The molecule has 0 heterocycles. The molecule has 0 aromatic heterocycles. The van der Waals surface area contributed by atoms with E-state index in [1.165, 1.54) is 6.07 Å². The highest BCUT2D eigenvalue weighted by Gasteiger charge is 2.22. The van der Waals surface area contributed by atoms with Crippen molar-refractivity contribution in [3.05, 3.63) is 29.8 Å². The topological polar surface area (TPSA) is 153 Å². The summed E-state index contributed by atoms with van der Waals surface area (Å²) in [5.41, 5.74) is 5.44. The van der Waals surface area contributed by atoms with Gasteiger partial charge in [-0.3, -0.25) is 13.8 Å². The molecular weight excluding hydrogens is 352 g/mol. The van der Waals surface area contributed by atoms with Gasteiger partial charge in [0.05, 0.1) is 17.9 Å². The second kappa shape index (κ2) is 9.14. The lowest BCUT2D eigenvalue weighted by Crippen LogP contribution is -2.41. The second-order valence-corrected chi connectivity index (χ2v) is 6.84. The van der Waals surface area contributed by atoms with E-state index in [1.807, 2.05) is 0 Å². The normalized spacial score (nSPS) is 12.4. The molecule has 0 bridgehead atoms. The Morgan fingerprint density at radius 3 is 2.44 bits per heavy atom. The fraction of sp³-hybridized carbons (Fsp3) is 0.400. The van der Waals surface area contributed by atoms with Gasteiger partial charge in [0, 0.05) is 6.42 Å². The second-order valence-electron chi connectivity index (χ2n) is 5.25. The maximum Gasteiger partial charge on any atom is 0.326 e. The number of hydrogen-bond acceptors (Lipinski definition) is 6. The van der Waals surface area contributed by atoms with E-state index in [9.17, 15) is 22.8 Å². The number of carboxylic acid groups (broad SMARTS) is 1.